The molecule has 7 aromatic carbocycles. The second-order valence-corrected chi connectivity index (χ2v) is 11.2. The number of imidazole rings is 1. The van der Waals surface area contributed by atoms with Crippen molar-refractivity contribution in [2.24, 2.45) is 0 Å². The molecule has 1 aromatic heterocycles. The molecule has 0 spiro atoms. The lowest BCUT2D eigenvalue weighted by atomic mass is 9.93. The van der Waals surface area contributed by atoms with Gasteiger partial charge in [-0.25, -0.2) is 4.98 Å². The lowest BCUT2D eigenvalue weighted by Gasteiger charge is -2.13. The van der Waals surface area contributed by atoms with Crippen molar-refractivity contribution in [3.8, 4) is 61.6 Å². The lowest BCUT2D eigenvalue weighted by Crippen LogP contribution is -1.98. The van der Waals surface area contributed by atoms with Gasteiger partial charge in [0.15, 0.2) is 0 Å². The van der Waals surface area contributed by atoms with Crippen molar-refractivity contribution in [3.05, 3.63) is 158 Å². The molecule has 43 heavy (non-hydrogen) atoms. The summed E-state index contributed by atoms with van der Waals surface area (Å²) < 4.78 is 2.27. The summed E-state index contributed by atoms with van der Waals surface area (Å²) in [6, 6.07) is 56.6. The van der Waals surface area contributed by atoms with Gasteiger partial charge in [-0.05, 0) is 79.5 Å². The zero-order valence-electron chi connectivity index (χ0n) is 23.4. The van der Waals surface area contributed by atoms with Crippen LogP contribution in [-0.4, -0.2) is 9.55 Å². The van der Waals surface area contributed by atoms with Gasteiger partial charge in [0.2, 0.25) is 0 Å². The molecular weight excluding hydrogens is 520 g/mol. The molecule has 200 valence electrons. The third-order valence-corrected chi connectivity index (χ3v) is 8.77. The van der Waals surface area contributed by atoms with Crippen molar-refractivity contribution in [1.29, 1.82) is 0 Å². The topological polar surface area (TPSA) is 17.8 Å². The van der Waals surface area contributed by atoms with E-state index in [1.54, 1.807) is 0 Å². The molecular formula is C41H26N2. The Labute approximate surface area is 250 Å². The first-order valence-electron chi connectivity index (χ1n) is 14.7. The van der Waals surface area contributed by atoms with Crippen molar-refractivity contribution in [2.45, 2.75) is 0 Å². The van der Waals surface area contributed by atoms with Crippen LogP contribution in [0.15, 0.2) is 158 Å². The van der Waals surface area contributed by atoms with Crippen LogP contribution < -0.4 is 0 Å². The number of hydrogen-bond acceptors (Lipinski definition) is 1. The number of nitrogens with zero attached hydrogens (tertiary/aromatic N) is 2. The van der Waals surface area contributed by atoms with Crippen LogP contribution in [0, 0.1) is 0 Å². The highest BCUT2D eigenvalue weighted by atomic mass is 15.1. The van der Waals surface area contributed by atoms with E-state index >= 15 is 0 Å². The summed E-state index contributed by atoms with van der Waals surface area (Å²) in [6.45, 7) is 0. The highest BCUT2D eigenvalue weighted by molar-refractivity contribution is 6.18. The van der Waals surface area contributed by atoms with Gasteiger partial charge in [-0.3, -0.25) is 4.57 Å². The molecule has 0 radical (unpaired) electrons. The van der Waals surface area contributed by atoms with Gasteiger partial charge in [0.25, 0.3) is 0 Å². The molecule has 2 nitrogen and oxygen atoms in total. The molecule has 9 rings (SSSR count). The minimum atomic E-state index is 0.948. The SMILES string of the molecule is c1ccc(-c2nc3ccccc3n2-c2cccc(-c3ccc(-c4ccc5c6c(cccc46)-c4ccccc4-5)cc3)c2)cc1. The summed E-state index contributed by atoms with van der Waals surface area (Å²) in [5.41, 5.74) is 14.5. The van der Waals surface area contributed by atoms with E-state index in [1.807, 2.05) is 12.1 Å². The summed E-state index contributed by atoms with van der Waals surface area (Å²) in [5.74, 6) is 0.948. The Morgan fingerprint density at radius 3 is 1.86 bits per heavy atom. The summed E-state index contributed by atoms with van der Waals surface area (Å²) in [7, 11) is 0. The number of rotatable bonds is 4. The third kappa shape index (κ3) is 3.70. The van der Waals surface area contributed by atoms with E-state index < -0.39 is 0 Å². The fourth-order valence-electron chi connectivity index (χ4n) is 6.80. The van der Waals surface area contributed by atoms with Gasteiger partial charge in [-0.2, -0.15) is 0 Å². The standard InChI is InChI=1S/C41H26N2/c1-2-10-29(11-3-1)41-42-38-18-6-7-19-39(38)43(41)31-13-8-12-30(26-31)27-20-22-28(23-21-27)32-24-25-37-34-15-5-4-14-33(34)36-17-9-16-35(32)40(36)37/h1-26H. The second-order valence-electron chi connectivity index (χ2n) is 11.2. The quantitative estimate of drug-likeness (QED) is 0.215. The molecule has 8 aromatic rings. The smallest absolute Gasteiger partial charge is 0.145 e. The Morgan fingerprint density at radius 1 is 0.395 bits per heavy atom. The van der Waals surface area contributed by atoms with Crippen LogP contribution >= 0.6 is 0 Å². The predicted octanol–water partition coefficient (Wildman–Crippen LogP) is 10.8. The maximum absolute atomic E-state index is 5.02. The van der Waals surface area contributed by atoms with Gasteiger partial charge in [0.05, 0.1) is 11.0 Å². The molecule has 0 bridgehead atoms. The zero-order valence-corrected chi connectivity index (χ0v) is 23.4. The predicted molar refractivity (Wildman–Crippen MR) is 179 cm³/mol. The van der Waals surface area contributed by atoms with E-state index in [0.29, 0.717) is 0 Å². The molecule has 1 aliphatic carbocycles. The van der Waals surface area contributed by atoms with Crippen molar-refractivity contribution in [2.75, 3.05) is 0 Å². The summed E-state index contributed by atoms with van der Waals surface area (Å²) in [5, 5.41) is 2.67. The Balaban J connectivity index is 1.13. The van der Waals surface area contributed by atoms with Crippen LogP contribution in [0.3, 0.4) is 0 Å². The van der Waals surface area contributed by atoms with E-state index in [1.165, 1.54) is 55.3 Å². The molecule has 0 N–H and O–H groups in total. The Morgan fingerprint density at radius 2 is 1.02 bits per heavy atom. The molecule has 0 aliphatic heterocycles. The average Bonchev–Trinajstić information content (AvgIpc) is 3.63. The van der Waals surface area contributed by atoms with Crippen LogP contribution in [0.2, 0.25) is 0 Å². The first-order valence-corrected chi connectivity index (χ1v) is 14.7. The highest BCUT2D eigenvalue weighted by Gasteiger charge is 2.22. The minimum Gasteiger partial charge on any atom is -0.292 e. The lowest BCUT2D eigenvalue weighted by molar-refractivity contribution is 1.10. The van der Waals surface area contributed by atoms with E-state index in [-0.39, 0.29) is 0 Å². The van der Waals surface area contributed by atoms with Gasteiger partial charge in [0.1, 0.15) is 5.82 Å². The summed E-state index contributed by atoms with van der Waals surface area (Å²) >= 11 is 0. The normalized spacial score (nSPS) is 11.7. The molecule has 0 unspecified atom stereocenters. The molecule has 1 aliphatic rings. The zero-order chi connectivity index (χ0) is 28.3. The second kappa shape index (κ2) is 9.40. The number of aromatic nitrogens is 2. The fourth-order valence-corrected chi connectivity index (χ4v) is 6.80. The largest absolute Gasteiger partial charge is 0.292 e. The van der Waals surface area contributed by atoms with Gasteiger partial charge in [-0.1, -0.05) is 133 Å². The van der Waals surface area contributed by atoms with E-state index in [4.69, 9.17) is 4.98 Å². The van der Waals surface area contributed by atoms with E-state index in [0.717, 1.165) is 28.1 Å². The van der Waals surface area contributed by atoms with Crippen LogP contribution in [0.1, 0.15) is 0 Å². The van der Waals surface area contributed by atoms with Crippen LogP contribution in [0.25, 0.3) is 83.4 Å². The maximum atomic E-state index is 5.02. The Kier molecular flexibility index (Phi) is 5.23. The number of fused-ring (bicyclic) bond motifs is 4. The highest BCUT2D eigenvalue weighted by Crippen LogP contribution is 2.49. The van der Waals surface area contributed by atoms with Crippen LogP contribution in [0.5, 0.6) is 0 Å². The third-order valence-electron chi connectivity index (χ3n) is 8.77. The van der Waals surface area contributed by atoms with E-state index in [2.05, 4.69) is 150 Å². The monoisotopic (exact) mass is 546 g/mol. The fraction of sp³-hybridized carbons (Fsp3) is 0. The van der Waals surface area contributed by atoms with Crippen molar-refractivity contribution >= 4 is 21.8 Å². The van der Waals surface area contributed by atoms with Crippen LogP contribution in [0.4, 0.5) is 0 Å². The van der Waals surface area contributed by atoms with Gasteiger partial charge in [0, 0.05) is 11.3 Å². The Hall–Kier alpha value is -5.73. The summed E-state index contributed by atoms with van der Waals surface area (Å²) in [4.78, 5) is 5.02. The van der Waals surface area contributed by atoms with Crippen molar-refractivity contribution in [3.63, 3.8) is 0 Å². The van der Waals surface area contributed by atoms with Crippen LogP contribution in [-0.2, 0) is 0 Å². The minimum absolute atomic E-state index is 0.948. The average molecular weight is 547 g/mol. The Bertz CT molecular complexity index is 2300. The van der Waals surface area contributed by atoms with Crippen molar-refractivity contribution in [1.82, 2.24) is 9.55 Å². The molecule has 0 saturated heterocycles. The molecule has 0 fully saturated rings. The summed E-state index contributed by atoms with van der Waals surface area (Å²) in [6.07, 6.45) is 0. The maximum Gasteiger partial charge on any atom is 0.145 e. The first-order chi connectivity index (χ1) is 21.3. The first kappa shape index (κ1) is 23.9. The number of para-hydroxylation sites is 2. The molecule has 0 amide bonds. The van der Waals surface area contributed by atoms with Gasteiger partial charge in [-0.15, -0.1) is 0 Å². The van der Waals surface area contributed by atoms with E-state index in [9.17, 15) is 0 Å². The molecule has 2 heteroatoms. The molecule has 0 saturated carbocycles. The van der Waals surface area contributed by atoms with Gasteiger partial charge < -0.3 is 0 Å². The molecule has 1 heterocycles. The number of benzene rings is 7. The van der Waals surface area contributed by atoms with Gasteiger partial charge >= 0.3 is 0 Å². The number of hydrogen-bond donors (Lipinski definition) is 0. The molecule has 0 atom stereocenters. The van der Waals surface area contributed by atoms with Crippen molar-refractivity contribution < 1.29 is 0 Å².